The van der Waals surface area contributed by atoms with Gasteiger partial charge in [-0.1, -0.05) is 28.5 Å². The molecule has 2 aromatic rings. The predicted octanol–water partition coefficient (Wildman–Crippen LogP) is 0.235. The molecule has 0 aliphatic heterocycles. The highest BCUT2D eigenvalue weighted by atomic mass is 16.4. The van der Waals surface area contributed by atoms with Crippen LogP contribution in [0, 0.1) is 0 Å². The zero-order valence-electron chi connectivity index (χ0n) is 10.5. The molecule has 1 heterocycles. The van der Waals surface area contributed by atoms with Gasteiger partial charge in [0.05, 0.1) is 5.69 Å². The molecule has 0 saturated heterocycles. The number of hydrogen-bond acceptors (Lipinski definition) is 6. The van der Waals surface area contributed by atoms with E-state index in [0.29, 0.717) is 18.9 Å². The first kappa shape index (κ1) is 12.8. The van der Waals surface area contributed by atoms with Crippen molar-refractivity contribution in [2.24, 2.45) is 10.9 Å². The summed E-state index contributed by atoms with van der Waals surface area (Å²) in [6.45, 7) is 0.545. The van der Waals surface area contributed by atoms with Gasteiger partial charge < -0.3 is 15.8 Å². The van der Waals surface area contributed by atoms with Crippen molar-refractivity contribution in [1.29, 1.82) is 0 Å². The maximum Gasteiger partial charge on any atom is 0.250 e. The molecule has 100 valence electrons. The highest BCUT2D eigenvalue weighted by Crippen LogP contribution is 2.13. The van der Waals surface area contributed by atoms with Gasteiger partial charge in [0.15, 0.2) is 0 Å². The molecule has 19 heavy (non-hydrogen) atoms. The Balaban J connectivity index is 2.16. The van der Waals surface area contributed by atoms with E-state index < -0.39 is 0 Å². The van der Waals surface area contributed by atoms with Crippen LogP contribution < -0.4 is 10.6 Å². The van der Waals surface area contributed by atoms with Gasteiger partial charge in [-0.05, 0) is 22.6 Å². The fraction of sp³-hybridized carbons (Fsp3) is 0.273. The summed E-state index contributed by atoms with van der Waals surface area (Å²) in [7, 11) is 1.84. The molecular formula is C11H15N7O. The van der Waals surface area contributed by atoms with Crippen LogP contribution in [-0.2, 0) is 0 Å². The summed E-state index contributed by atoms with van der Waals surface area (Å²) in [5, 5.41) is 23.1. The quantitative estimate of drug-likeness (QED) is 0.345. The zero-order valence-corrected chi connectivity index (χ0v) is 10.5. The van der Waals surface area contributed by atoms with E-state index in [-0.39, 0.29) is 5.84 Å². The monoisotopic (exact) mass is 261 g/mol. The lowest BCUT2D eigenvalue weighted by atomic mass is 10.3. The van der Waals surface area contributed by atoms with Crippen LogP contribution in [0.3, 0.4) is 0 Å². The molecule has 8 nitrogen and oxygen atoms in total. The van der Waals surface area contributed by atoms with Crippen LogP contribution >= 0.6 is 0 Å². The van der Waals surface area contributed by atoms with Crippen molar-refractivity contribution in [2.75, 3.05) is 18.5 Å². The normalized spacial score (nSPS) is 11.5. The first-order chi connectivity index (χ1) is 9.22. The molecule has 1 aromatic heterocycles. The van der Waals surface area contributed by atoms with Gasteiger partial charge in [0.2, 0.25) is 5.95 Å². The van der Waals surface area contributed by atoms with Crippen LogP contribution in [0.1, 0.15) is 6.42 Å². The second kappa shape index (κ2) is 5.80. The van der Waals surface area contributed by atoms with Crippen LogP contribution in [0.15, 0.2) is 35.5 Å². The Morgan fingerprint density at radius 3 is 2.84 bits per heavy atom. The Bertz CT molecular complexity index is 551. The van der Waals surface area contributed by atoms with E-state index in [9.17, 15) is 0 Å². The number of aromatic nitrogens is 4. The Kier molecular flexibility index (Phi) is 3.91. The van der Waals surface area contributed by atoms with Crippen LogP contribution in [-0.4, -0.2) is 44.8 Å². The summed E-state index contributed by atoms with van der Waals surface area (Å²) >= 11 is 0. The summed E-state index contributed by atoms with van der Waals surface area (Å²) in [6.07, 6.45) is 0.425. The van der Waals surface area contributed by atoms with Crippen molar-refractivity contribution in [3.63, 3.8) is 0 Å². The fourth-order valence-corrected chi connectivity index (χ4v) is 1.59. The molecule has 8 heteroatoms. The van der Waals surface area contributed by atoms with Crippen LogP contribution in [0.25, 0.3) is 5.69 Å². The molecule has 0 spiro atoms. The minimum absolute atomic E-state index is 0.172. The summed E-state index contributed by atoms with van der Waals surface area (Å²) in [5.74, 6) is 0.766. The van der Waals surface area contributed by atoms with Gasteiger partial charge in [-0.25, -0.2) is 0 Å². The Labute approximate surface area is 110 Å². The second-order valence-corrected chi connectivity index (χ2v) is 3.99. The Morgan fingerprint density at radius 1 is 1.42 bits per heavy atom. The minimum atomic E-state index is 0.172. The molecule has 0 fully saturated rings. The Morgan fingerprint density at radius 2 is 2.16 bits per heavy atom. The average Bonchev–Trinajstić information content (AvgIpc) is 2.94. The smallest absolute Gasteiger partial charge is 0.250 e. The highest BCUT2D eigenvalue weighted by molar-refractivity contribution is 5.80. The third-order valence-corrected chi connectivity index (χ3v) is 2.63. The van der Waals surface area contributed by atoms with E-state index in [2.05, 4.69) is 20.7 Å². The number of para-hydroxylation sites is 1. The second-order valence-electron chi connectivity index (χ2n) is 3.99. The molecule has 0 bridgehead atoms. The van der Waals surface area contributed by atoms with Gasteiger partial charge in [0.1, 0.15) is 5.84 Å². The highest BCUT2D eigenvalue weighted by Gasteiger charge is 2.12. The van der Waals surface area contributed by atoms with E-state index in [1.165, 1.54) is 0 Å². The number of rotatable bonds is 5. The zero-order chi connectivity index (χ0) is 13.7. The molecule has 3 N–H and O–H groups in total. The Hall–Kier alpha value is -2.64. The van der Waals surface area contributed by atoms with Crippen molar-refractivity contribution in [2.45, 2.75) is 6.42 Å². The largest absolute Gasteiger partial charge is 0.409 e. The molecule has 0 saturated carbocycles. The van der Waals surface area contributed by atoms with Crippen LogP contribution in [0.5, 0.6) is 0 Å². The minimum Gasteiger partial charge on any atom is -0.409 e. The molecule has 0 atom stereocenters. The molecule has 1 aromatic carbocycles. The van der Waals surface area contributed by atoms with Gasteiger partial charge in [0.25, 0.3) is 0 Å². The lowest BCUT2D eigenvalue weighted by Gasteiger charge is -2.17. The van der Waals surface area contributed by atoms with Gasteiger partial charge in [0, 0.05) is 20.0 Å². The van der Waals surface area contributed by atoms with E-state index in [1.54, 1.807) is 4.68 Å². The fourth-order valence-electron chi connectivity index (χ4n) is 1.59. The van der Waals surface area contributed by atoms with Gasteiger partial charge >= 0.3 is 0 Å². The summed E-state index contributed by atoms with van der Waals surface area (Å²) in [5.41, 5.74) is 6.31. The van der Waals surface area contributed by atoms with Crippen molar-refractivity contribution >= 4 is 11.8 Å². The summed E-state index contributed by atoms with van der Waals surface area (Å²) in [6, 6.07) is 9.58. The maximum atomic E-state index is 8.51. The van der Waals surface area contributed by atoms with Crippen molar-refractivity contribution in [3.8, 4) is 5.69 Å². The van der Waals surface area contributed by atoms with Crippen LogP contribution in [0.4, 0.5) is 5.95 Å². The predicted molar refractivity (Wildman–Crippen MR) is 70.4 cm³/mol. The lowest BCUT2D eigenvalue weighted by Crippen LogP contribution is -2.26. The van der Waals surface area contributed by atoms with E-state index in [1.807, 2.05) is 42.3 Å². The summed E-state index contributed by atoms with van der Waals surface area (Å²) in [4.78, 5) is 1.84. The van der Waals surface area contributed by atoms with Gasteiger partial charge in [-0.15, -0.1) is 0 Å². The number of nitrogens with zero attached hydrogens (tertiary/aromatic N) is 6. The van der Waals surface area contributed by atoms with E-state index >= 15 is 0 Å². The standard InChI is InChI=1S/C11H15N7O/c1-17(8-7-10(12)14-19)11-13-15-16-18(11)9-5-3-2-4-6-9/h2-6,19H,7-8H2,1H3,(H2,12,14). The number of amidine groups is 1. The number of oxime groups is 1. The molecular weight excluding hydrogens is 246 g/mol. The number of nitrogens with two attached hydrogens (primary N) is 1. The molecule has 0 aliphatic rings. The maximum absolute atomic E-state index is 8.51. The first-order valence-corrected chi connectivity index (χ1v) is 5.73. The van der Waals surface area contributed by atoms with E-state index in [0.717, 1.165) is 5.69 Å². The van der Waals surface area contributed by atoms with Gasteiger partial charge in [-0.3, -0.25) is 0 Å². The third-order valence-electron chi connectivity index (χ3n) is 2.63. The molecule has 0 aliphatic carbocycles. The average molecular weight is 261 g/mol. The van der Waals surface area contributed by atoms with Gasteiger partial charge in [-0.2, -0.15) is 4.68 Å². The number of hydrogen-bond donors (Lipinski definition) is 2. The summed E-state index contributed by atoms with van der Waals surface area (Å²) < 4.78 is 1.63. The third kappa shape index (κ3) is 2.97. The van der Waals surface area contributed by atoms with Crippen molar-refractivity contribution in [1.82, 2.24) is 20.2 Å². The first-order valence-electron chi connectivity index (χ1n) is 5.73. The topological polar surface area (TPSA) is 105 Å². The molecule has 2 rings (SSSR count). The molecule has 0 amide bonds. The SMILES string of the molecule is CN(CC/C(N)=N/O)c1nnnn1-c1ccccc1. The van der Waals surface area contributed by atoms with Crippen molar-refractivity contribution < 1.29 is 5.21 Å². The number of benzene rings is 1. The molecule has 0 unspecified atom stereocenters. The number of anilines is 1. The lowest BCUT2D eigenvalue weighted by molar-refractivity contribution is 0.317. The molecule has 0 radical (unpaired) electrons. The van der Waals surface area contributed by atoms with E-state index in [4.69, 9.17) is 10.9 Å². The van der Waals surface area contributed by atoms with Crippen LogP contribution in [0.2, 0.25) is 0 Å². The van der Waals surface area contributed by atoms with Crippen molar-refractivity contribution in [3.05, 3.63) is 30.3 Å². The number of tetrazole rings is 1.